The van der Waals surface area contributed by atoms with Crippen molar-refractivity contribution in [2.75, 3.05) is 40.9 Å². The minimum atomic E-state index is -4.67. The van der Waals surface area contributed by atoms with E-state index >= 15 is 0 Å². The fourth-order valence-electron chi connectivity index (χ4n) is 6.92. The Morgan fingerprint density at radius 3 is 1.47 bits per heavy atom. The fourth-order valence-corrected chi connectivity index (χ4v) is 7.64. The van der Waals surface area contributed by atoms with Crippen LogP contribution < -0.4 is 10.2 Å². The zero-order valence-corrected chi connectivity index (χ0v) is 38.8. The molecule has 0 spiro atoms. The summed E-state index contributed by atoms with van der Waals surface area (Å²) in [5.41, 5.74) is 0. The molecule has 0 saturated heterocycles. The van der Waals surface area contributed by atoms with Crippen LogP contribution in [-0.2, 0) is 18.4 Å². The molecule has 0 radical (unpaired) electrons. The number of unbranched alkanes of at least 4 members (excludes halogenated alkanes) is 25. The Kier molecular flexibility index (Phi) is 38.4. The van der Waals surface area contributed by atoms with Crippen LogP contribution in [0.2, 0.25) is 0 Å². The molecule has 0 aromatic rings. The molecular formula is C47H93N2O7P. The number of amides is 1. The predicted octanol–water partition coefficient (Wildman–Crippen LogP) is 11.6. The second-order valence-electron chi connectivity index (χ2n) is 17.6. The maximum atomic E-state index is 12.9. The number of hydrogen-bond acceptors (Lipinski definition) is 7. The summed E-state index contributed by atoms with van der Waals surface area (Å²) in [5, 5.41) is 24.6. The van der Waals surface area contributed by atoms with Gasteiger partial charge >= 0.3 is 0 Å². The maximum Gasteiger partial charge on any atom is 0.268 e. The van der Waals surface area contributed by atoms with Gasteiger partial charge in [-0.25, -0.2) is 0 Å². The number of allylic oxidation sites excluding steroid dienone is 4. The molecule has 1 amide bonds. The molecule has 4 unspecified atom stereocenters. The number of carbonyl (C=O) groups is 1. The lowest BCUT2D eigenvalue weighted by molar-refractivity contribution is -0.870. The summed E-state index contributed by atoms with van der Waals surface area (Å²) >= 11 is 0. The van der Waals surface area contributed by atoms with Crippen molar-refractivity contribution in [3.8, 4) is 0 Å². The van der Waals surface area contributed by atoms with Crippen LogP contribution in [0.25, 0.3) is 0 Å². The molecule has 0 aliphatic rings. The van der Waals surface area contributed by atoms with Crippen LogP contribution in [0.15, 0.2) is 24.3 Å². The fraction of sp³-hybridized carbons (Fsp3) is 0.894. The molecule has 0 aliphatic heterocycles. The molecule has 0 fully saturated rings. The molecular weight excluding hydrogens is 735 g/mol. The van der Waals surface area contributed by atoms with Crippen molar-refractivity contribution in [2.45, 2.75) is 231 Å². The number of rotatable bonds is 43. The molecule has 338 valence electrons. The first-order valence-corrected chi connectivity index (χ1v) is 25.2. The highest BCUT2D eigenvalue weighted by Crippen LogP contribution is 2.38. The summed E-state index contributed by atoms with van der Waals surface area (Å²) < 4.78 is 23.1. The Bertz CT molecular complexity index is 1000. The van der Waals surface area contributed by atoms with E-state index in [-0.39, 0.29) is 18.9 Å². The van der Waals surface area contributed by atoms with Gasteiger partial charge < -0.3 is 34.0 Å². The van der Waals surface area contributed by atoms with Gasteiger partial charge in [-0.05, 0) is 51.4 Å². The van der Waals surface area contributed by atoms with E-state index in [0.717, 1.165) is 38.5 Å². The van der Waals surface area contributed by atoms with Gasteiger partial charge in [-0.1, -0.05) is 179 Å². The number of phosphoric ester groups is 1. The van der Waals surface area contributed by atoms with Crippen LogP contribution in [0.3, 0.4) is 0 Å². The second-order valence-corrected chi connectivity index (χ2v) is 19.0. The summed E-state index contributed by atoms with van der Waals surface area (Å²) in [7, 11) is 1.10. The van der Waals surface area contributed by atoms with Crippen LogP contribution in [0.4, 0.5) is 0 Å². The van der Waals surface area contributed by atoms with Crippen LogP contribution in [0.5, 0.6) is 0 Å². The molecule has 0 aliphatic carbocycles. The van der Waals surface area contributed by atoms with Gasteiger partial charge in [0, 0.05) is 6.42 Å². The lowest BCUT2D eigenvalue weighted by Gasteiger charge is -2.31. The molecule has 0 aromatic heterocycles. The highest BCUT2D eigenvalue weighted by atomic mass is 31.2. The largest absolute Gasteiger partial charge is 0.756 e. The van der Waals surface area contributed by atoms with Crippen molar-refractivity contribution in [1.29, 1.82) is 0 Å². The first-order valence-electron chi connectivity index (χ1n) is 23.8. The minimum absolute atomic E-state index is 0.0469. The van der Waals surface area contributed by atoms with Crippen LogP contribution in [-0.4, -0.2) is 79.8 Å². The predicted molar refractivity (Wildman–Crippen MR) is 239 cm³/mol. The van der Waals surface area contributed by atoms with Crippen molar-refractivity contribution in [1.82, 2.24) is 5.32 Å². The van der Waals surface area contributed by atoms with Gasteiger partial charge in [0.25, 0.3) is 7.82 Å². The third kappa shape index (κ3) is 40.1. The Balaban J connectivity index is 4.39. The van der Waals surface area contributed by atoms with Crippen LogP contribution >= 0.6 is 7.82 Å². The molecule has 4 atom stereocenters. The quantitative estimate of drug-likeness (QED) is 0.0242. The molecule has 0 saturated carbocycles. The SMILES string of the molecule is CCCCC/C=C/CC/C=C/CCCC(O)C(O)C(COP(=O)([O-])OCC[N+](C)(C)C)NC(=O)CCCCCCCCCCCCCCCCCCCCCCC. The van der Waals surface area contributed by atoms with E-state index in [1.165, 1.54) is 135 Å². The van der Waals surface area contributed by atoms with E-state index in [1.807, 2.05) is 21.1 Å². The van der Waals surface area contributed by atoms with E-state index in [4.69, 9.17) is 9.05 Å². The van der Waals surface area contributed by atoms with E-state index in [0.29, 0.717) is 30.3 Å². The third-order valence-electron chi connectivity index (χ3n) is 10.8. The van der Waals surface area contributed by atoms with Crippen LogP contribution in [0.1, 0.15) is 213 Å². The van der Waals surface area contributed by atoms with Gasteiger partial charge in [0.2, 0.25) is 5.91 Å². The number of phosphoric acid groups is 1. The standard InChI is InChI=1S/C47H93N2O7P/c1-6-8-10-12-14-16-18-20-21-22-23-24-25-26-27-28-30-32-34-36-38-40-46(51)48-44(43-56-57(53,54)55-42-41-49(3,4)5)47(52)45(50)39-37-35-33-31-29-19-17-15-13-11-9-7-2/h15,17,31,33,44-45,47,50,52H,6-14,16,18-30,32,34-43H2,1-5H3,(H-,48,51,53,54)/b17-15+,33-31+. The summed E-state index contributed by atoms with van der Waals surface area (Å²) in [5.74, 6) is -0.290. The molecule has 0 heterocycles. The average molecular weight is 829 g/mol. The zero-order valence-electron chi connectivity index (χ0n) is 37.9. The minimum Gasteiger partial charge on any atom is -0.756 e. The van der Waals surface area contributed by atoms with Crippen molar-refractivity contribution in [2.24, 2.45) is 0 Å². The van der Waals surface area contributed by atoms with Gasteiger partial charge in [0.15, 0.2) is 0 Å². The topological polar surface area (TPSA) is 128 Å². The molecule has 0 rings (SSSR count). The lowest BCUT2D eigenvalue weighted by Crippen LogP contribution is -2.51. The summed E-state index contributed by atoms with van der Waals surface area (Å²) in [6.07, 6.45) is 42.3. The van der Waals surface area contributed by atoms with Gasteiger partial charge in [-0.3, -0.25) is 9.36 Å². The number of likely N-dealkylation sites (N-methyl/N-ethyl adjacent to an activating group) is 1. The first kappa shape index (κ1) is 55.9. The normalized spacial score (nSPS) is 15.0. The summed E-state index contributed by atoms with van der Waals surface area (Å²) in [6, 6.07) is -1.09. The molecule has 9 nitrogen and oxygen atoms in total. The van der Waals surface area contributed by atoms with Crippen LogP contribution in [0, 0.1) is 0 Å². The Hall–Kier alpha value is -1.06. The van der Waals surface area contributed by atoms with Crippen molar-refractivity contribution < 1.29 is 38.0 Å². The number of quaternary nitrogens is 1. The van der Waals surface area contributed by atoms with Gasteiger partial charge in [-0.15, -0.1) is 0 Å². The number of carbonyl (C=O) groups excluding carboxylic acids is 1. The highest BCUT2D eigenvalue weighted by Gasteiger charge is 2.29. The third-order valence-corrected chi connectivity index (χ3v) is 11.7. The highest BCUT2D eigenvalue weighted by molar-refractivity contribution is 7.45. The Morgan fingerprint density at radius 1 is 0.614 bits per heavy atom. The number of nitrogens with zero attached hydrogens (tertiary/aromatic N) is 1. The van der Waals surface area contributed by atoms with Gasteiger partial charge in [0.1, 0.15) is 19.3 Å². The van der Waals surface area contributed by atoms with Crippen molar-refractivity contribution in [3.05, 3.63) is 24.3 Å². The smallest absolute Gasteiger partial charge is 0.268 e. The Labute approximate surface area is 352 Å². The zero-order chi connectivity index (χ0) is 42.3. The van der Waals surface area contributed by atoms with E-state index in [2.05, 4.69) is 43.5 Å². The second kappa shape index (κ2) is 39.1. The molecule has 3 N–H and O–H groups in total. The average Bonchev–Trinajstić information content (AvgIpc) is 3.16. The van der Waals surface area contributed by atoms with Crippen molar-refractivity contribution in [3.63, 3.8) is 0 Å². The van der Waals surface area contributed by atoms with Crippen molar-refractivity contribution >= 4 is 13.7 Å². The summed E-state index contributed by atoms with van der Waals surface area (Å²) in [4.78, 5) is 25.4. The number of aliphatic hydroxyl groups is 2. The van der Waals surface area contributed by atoms with E-state index in [9.17, 15) is 24.5 Å². The van der Waals surface area contributed by atoms with E-state index < -0.39 is 32.7 Å². The molecule has 57 heavy (non-hydrogen) atoms. The maximum absolute atomic E-state index is 12.9. The van der Waals surface area contributed by atoms with E-state index in [1.54, 1.807) is 0 Å². The molecule has 0 aromatic carbocycles. The number of aliphatic hydroxyl groups excluding tert-OH is 2. The lowest BCUT2D eigenvalue weighted by atomic mass is 10.0. The number of nitrogens with one attached hydrogen (secondary N) is 1. The Morgan fingerprint density at radius 2 is 1.02 bits per heavy atom. The molecule has 10 heteroatoms. The number of hydrogen-bond donors (Lipinski definition) is 3. The van der Waals surface area contributed by atoms with Gasteiger partial charge in [0.05, 0.1) is 39.9 Å². The first-order chi connectivity index (χ1) is 27.4. The van der Waals surface area contributed by atoms with Gasteiger partial charge in [-0.2, -0.15) is 0 Å². The molecule has 0 bridgehead atoms. The monoisotopic (exact) mass is 829 g/mol. The summed E-state index contributed by atoms with van der Waals surface area (Å²) in [6.45, 7) is 4.39.